The Bertz CT molecular complexity index is 760. The van der Waals surface area contributed by atoms with Crippen molar-refractivity contribution in [1.29, 1.82) is 0 Å². The van der Waals surface area contributed by atoms with Gasteiger partial charge in [-0.15, -0.1) is 0 Å². The van der Waals surface area contributed by atoms with E-state index in [0.29, 0.717) is 18.8 Å². The van der Waals surface area contributed by atoms with E-state index in [1.165, 1.54) is 0 Å². The van der Waals surface area contributed by atoms with Gasteiger partial charge in [-0.2, -0.15) is 0 Å². The molecule has 5 heteroatoms. The molecular formula is C20H23NO4. The second-order valence-electron chi connectivity index (χ2n) is 6.60. The molecule has 1 N–H and O–H groups in total. The quantitative estimate of drug-likeness (QED) is 0.906. The molecule has 5 nitrogen and oxygen atoms in total. The molecule has 0 aromatic heterocycles. The van der Waals surface area contributed by atoms with E-state index in [4.69, 9.17) is 9.84 Å². The van der Waals surface area contributed by atoms with Crippen LogP contribution in [0.2, 0.25) is 0 Å². The van der Waals surface area contributed by atoms with Crippen molar-refractivity contribution in [2.75, 3.05) is 13.1 Å². The number of carbonyl (C=O) groups excluding carboxylic acids is 1. The third-order valence-electron chi connectivity index (χ3n) is 4.79. The smallest absolute Gasteiger partial charge is 0.303 e. The van der Waals surface area contributed by atoms with Crippen molar-refractivity contribution in [2.24, 2.45) is 5.92 Å². The lowest BCUT2D eigenvalue weighted by Gasteiger charge is -2.33. The first-order valence-corrected chi connectivity index (χ1v) is 8.69. The van der Waals surface area contributed by atoms with Crippen LogP contribution in [0.25, 0.3) is 10.8 Å². The van der Waals surface area contributed by atoms with E-state index in [1.54, 1.807) is 11.8 Å². The summed E-state index contributed by atoms with van der Waals surface area (Å²) in [5.41, 5.74) is 0. The van der Waals surface area contributed by atoms with Gasteiger partial charge in [0, 0.05) is 24.9 Å². The van der Waals surface area contributed by atoms with Crippen LogP contribution in [0.15, 0.2) is 42.5 Å². The molecule has 1 atom stereocenters. The first-order chi connectivity index (χ1) is 12.0. The number of benzene rings is 2. The number of carbonyl (C=O) groups is 2. The third-order valence-corrected chi connectivity index (χ3v) is 4.79. The summed E-state index contributed by atoms with van der Waals surface area (Å²) in [7, 11) is 0. The highest BCUT2D eigenvalue weighted by Gasteiger charge is 2.28. The summed E-state index contributed by atoms with van der Waals surface area (Å²) in [6, 6.07) is 13.7. The summed E-state index contributed by atoms with van der Waals surface area (Å²) in [6.07, 6.45) is 1.09. The van der Waals surface area contributed by atoms with Crippen LogP contribution in [0.1, 0.15) is 26.2 Å². The molecule has 1 amide bonds. The van der Waals surface area contributed by atoms with Gasteiger partial charge in [-0.1, -0.05) is 36.4 Å². The number of nitrogens with zero attached hydrogens (tertiary/aromatic N) is 1. The maximum Gasteiger partial charge on any atom is 0.303 e. The van der Waals surface area contributed by atoms with Gasteiger partial charge in [-0.25, -0.2) is 0 Å². The number of rotatable bonds is 5. The fourth-order valence-electron chi connectivity index (χ4n) is 3.40. The Hall–Kier alpha value is -2.56. The number of carboxylic acid groups (broad SMARTS) is 1. The molecule has 0 aliphatic carbocycles. The maximum absolute atomic E-state index is 12.7. The van der Waals surface area contributed by atoms with Crippen molar-refractivity contribution in [3.05, 3.63) is 42.5 Å². The van der Waals surface area contributed by atoms with E-state index in [2.05, 4.69) is 0 Å². The van der Waals surface area contributed by atoms with Crippen LogP contribution < -0.4 is 4.74 Å². The molecule has 2 aromatic rings. The van der Waals surface area contributed by atoms with Gasteiger partial charge >= 0.3 is 5.97 Å². The van der Waals surface area contributed by atoms with Crippen molar-refractivity contribution < 1.29 is 19.4 Å². The summed E-state index contributed by atoms with van der Waals surface area (Å²) >= 11 is 0. The van der Waals surface area contributed by atoms with Crippen molar-refractivity contribution in [3.8, 4) is 5.75 Å². The summed E-state index contributed by atoms with van der Waals surface area (Å²) in [6.45, 7) is 2.97. The van der Waals surface area contributed by atoms with Gasteiger partial charge in [0.25, 0.3) is 5.91 Å². The van der Waals surface area contributed by atoms with Crippen LogP contribution in [0.4, 0.5) is 0 Å². The molecule has 2 aromatic carbocycles. The average molecular weight is 341 g/mol. The average Bonchev–Trinajstić information content (AvgIpc) is 2.61. The maximum atomic E-state index is 12.7. The Morgan fingerprint density at radius 3 is 2.56 bits per heavy atom. The Balaban J connectivity index is 1.62. The van der Waals surface area contributed by atoms with Crippen LogP contribution in [-0.2, 0) is 9.59 Å². The van der Waals surface area contributed by atoms with Gasteiger partial charge in [0.1, 0.15) is 5.75 Å². The number of likely N-dealkylation sites (tertiary alicyclic amines) is 1. The Labute approximate surface area is 147 Å². The number of ether oxygens (including phenoxy) is 1. The monoisotopic (exact) mass is 341 g/mol. The Morgan fingerprint density at radius 2 is 1.84 bits per heavy atom. The van der Waals surface area contributed by atoms with E-state index in [0.717, 1.165) is 23.6 Å². The minimum atomic E-state index is -0.766. The van der Waals surface area contributed by atoms with Crippen LogP contribution in [0.3, 0.4) is 0 Å². The van der Waals surface area contributed by atoms with Gasteiger partial charge in [-0.3, -0.25) is 9.59 Å². The lowest BCUT2D eigenvalue weighted by molar-refractivity contribution is -0.140. The zero-order valence-electron chi connectivity index (χ0n) is 14.4. The Morgan fingerprint density at radius 1 is 1.16 bits per heavy atom. The largest absolute Gasteiger partial charge is 0.481 e. The number of hydrogen-bond donors (Lipinski definition) is 1. The minimum Gasteiger partial charge on any atom is -0.481 e. The van der Waals surface area contributed by atoms with Crippen LogP contribution in [0, 0.1) is 5.92 Å². The minimum absolute atomic E-state index is 0.0401. The van der Waals surface area contributed by atoms with Gasteiger partial charge in [0.15, 0.2) is 6.10 Å². The number of amides is 1. The second kappa shape index (κ2) is 7.55. The number of piperidine rings is 1. The fraction of sp³-hybridized carbons (Fsp3) is 0.400. The van der Waals surface area contributed by atoms with E-state index in [9.17, 15) is 9.59 Å². The third kappa shape index (κ3) is 4.10. The Kier molecular flexibility index (Phi) is 5.22. The molecule has 1 aliphatic heterocycles. The summed E-state index contributed by atoms with van der Waals surface area (Å²) in [5, 5.41) is 10.9. The molecule has 3 rings (SSSR count). The second-order valence-corrected chi connectivity index (χ2v) is 6.60. The molecule has 1 fully saturated rings. The van der Waals surface area contributed by atoms with Crippen LogP contribution >= 0.6 is 0 Å². The van der Waals surface area contributed by atoms with E-state index in [1.807, 2.05) is 42.5 Å². The molecule has 1 aliphatic rings. The van der Waals surface area contributed by atoms with Crippen LogP contribution in [0.5, 0.6) is 5.75 Å². The molecule has 1 saturated heterocycles. The molecule has 0 radical (unpaired) electrons. The number of carboxylic acids is 1. The molecule has 0 bridgehead atoms. The number of hydrogen-bond acceptors (Lipinski definition) is 3. The SMILES string of the molecule is CC(Oc1cccc2ccccc12)C(=O)N1CCC(CC(=O)O)CC1. The van der Waals surface area contributed by atoms with Gasteiger partial charge in [-0.05, 0) is 37.1 Å². The topological polar surface area (TPSA) is 66.8 Å². The lowest BCUT2D eigenvalue weighted by atomic mass is 9.93. The first kappa shape index (κ1) is 17.3. The number of aliphatic carboxylic acids is 1. The lowest BCUT2D eigenvalue weighted by Crippen LogP contribution is -2.45. The fourth-order valence-corrected chi connectivity index (χ4v) is 3.40. The molecule has 0 spiro atoms. The molecule has 132 valence electrons. The van der Waals surface area contributed by atoms with Crippen molar-refractivity contribution >= 4 is 22.6 Å². The van der Waals surface area contributed by atoms with Gasteiger partial charge in [0.2, 0.25) is 0 Å². The zero-order chi connectivity index (χ0) is 17.8. The summed E-state index contributed by atoms with van der Waals surface area (Å²) in [4.78, 5) is 25.2. The normalized spacial score (nSPS) is 16.6. The summed E-state index contributed by atoms with van der Waals surface area (Å²) in [5.74, 6) is 0.0645. The molecule has 1 unspecified atom stereocenters. The van der Waals surface area contributed by atoms with Gasteiger partial charge in [0.05, 0.1) is 0 Å². The predicted molar refractivity (Wildman–Crippen MR) is 95.6 cm³/mol. The molecular weight excluding hydrogens is 318 g/mol. The van der Waals surface area contributed by atoms with E-state index >= 15 is 0 Å². The van der Waals surface area contributed by atoms with Crippen LogP contribution in [-0.4, -0.2) is 41.1 Å². The standard InChI is InChI=1S/C20H23NO4/c1-14(20(24)21-11-9-15(10-12-21)13-19(22)23)25-18-8-4-6-16-5-2-3-7-17(16)18/h2-8,14-15H,9-13H2,1H3,(H,22,23). The van der Waals surface area contributed by atoms with Crippen molar-refractivity contribution in [3.63, 3.8) is 0 Å². The molecule has 1 heterocycles. The highest BCUT2D eigenvalue weighted by Crippen LogP contribution is 2.27. The van der Waals surface area contributed by atoms with E-state index < -0.39 is 12.1 Å². The highest BCUT2D eigenvalue weighted by atomic mass is 16.5. The van der Waals surface area contributed by atoms with Gasteiger partial charge < -0.3 is 14.7 Å². The van der Waals surface area contributed by atoms with E-state index in [-0.39, 0.29) is 18.2 Å². The number of fused-ring (bicyclic) bond motifs is 1. The van der Waals surface area contributed by atoms with Crippen molar-refractivity contribution in [2.45, 2.75) is 32.3 Å². The first-order valence-electron chi connectivity index (χ1n) is 8.69. The molecule has 25 heavy (non-hydrogen) atoms. The molecule has 0 saturated carbocycles. The van der Waals surface area contributed by atoms with Crippen molar-refractivity contribution in [1.82, 2.24) is 4.90 Å². The summed E-state index contributed by atoms with van der Waals surface area (Å²) < 4.78 is 5.95. The zero-order valence-corrected chi connectivity index (χ0v) is 14.4. The highest BCUT2D eigenvalue weighted by molar-refractivity contribution is 5.89. The predicted octanol–water partition coefficient (Wildman–Crippen LogP) is 3.32.